The van der Waals surface area contributed by atoms with Crippen molar-refractivity contribution in [3.8, 4) is 11.5 Å². The lowest BCUT2D eigenvalue weighted by Gasteiger charge is -2.13. The molecule has 12 nitrogen and oxygen atoms in total. The Hall–Kier alpha value is -3.90. The lowest BCUT2D eigenvalue weighted by Crippen LogP contribution is -2.23. The maximum Gasteiger partial charge on any atom is 0.419 e. The zero-order valence-corrected chi connectivity index (χ0v) is 19.3. The number of hydrogen-bond acceptors (Lipinski definition) is 9. The number of nitrogens with zero attached hydrogens (tertiary/aromatic N) is 3. The molecule has 0 aliphatic carbocycles. The molecule has 0 radical (unpaired) electrons. The Morgan fingerprint density at radius 3 is 2.59 bits per heavy atom. The molecule has 1 aromatic heterocycles. The summed E-state index contributed by atoms with van der Waals surface area (Å²) >= 11 is 0. The van der Waals surface area contributed by atoms with Crippen LogP contribution in [0.5, 0.6) is 11.5 Å². The number of hydrogen-bond donors (Lipinski definition) is 1. The number of carbonyl (C=O) groups excluding carboxylic acids is 1. The zero-order valence-electron chi connectivity index (χ0n) is 19.3. The molecular weight excluding hydrogens is 448 g/mol. The fourth-order valence-electron chi connectivity index (χ4n) is 3.24. The van der Waals surface area contributed by atoms with E-state index in [0.717, 1.165) is 6.07 Å². The second kappa shape index (κ2) is 10.8. The summed E-state index contributed by atoms with van der Waals surface area (Å²) in [7, 11) is 6.63. The summed E-state index contributed by atoms with van der Waals surface area (Å²) in [5, 5.41) is 14.3. The fraction of sp³-hybridized carbons (Fsp3) is 0.364. The molecule has 34 heavy (non-hydrogen) atoms. The molecule has 0 aliphatic heterocycles. The van der Waals surface area contributed by atoms with E-state index in [9.17, 15) is 19.7 Å². The Morgan fingerprint density at radius 1 is 1.18 bits per heavy atom. The van der Waals surface area contributed by atoms with E-state index in [1.54, 1.807) is 18.2 Å². The van der Waals surface area contributed by atoms with E-state index in [-0.39, 0.29) is 30.3 Å². The number of nitrogens with one attached hydrogen (secondary N) is 1. The minimum Gasteiger partial charge on any atom is -0.493 e. The third-order valence-corrected chi connectivity index (χ3v) is 4.96. The average Bonchev–Trinajstić information content (AvgIpc) is 3.11. The molecule has 0 saturated carbocycles. The smallest absolute Gasteiger partial charge is 0.419 e. The molecule has 3 rings (SSSR count). The Bertz CT molecular complexity index is 1250. The highest BCUT2D eigenvalue weighted by atomic mass is 16.6. The van der Waals surface area contributed by atoms with Crippen molar-refractivity contribution in [1.29, 1.82) is 0 Å². The largest absolute Gasteiger partial charge is 0.493 e. The number of ether oxygens (including phenoxy) is 3. The molecule has 0 bridgehead atoms. The third kappa shape index (κ3) is 5.53. The number of aromatic nitrogens is 1. The number of nitro benzene ring substituents is 1. The van der Waals surface area contributed by atoms with Gasteiger partial charge in [-0.3, -0.25) is 19.5 Å². The quantitative estimate of drug-likeness (QED) is 0.252. The zero-order chi connectivity index (χ0) is 24.8. The lowest BCUT2D eigenvalue weighted by molar-refractivity contribution is -0.385. The Kier molecular flexibility index (Phi) is 7.87. The van der Waals surface area contributed by atoms with E-state index in [1.807, 2.05) is 19.0 Å². The summed E-state index contributed by atoms with van der Waals surface area (Å²) in [5.41, 5.74) is 0.549. The van der Waals surface area contributed by atoms with Gasteiger partial charge in [-0.25, -0.2) is 4.79 Å². The van der Waals surface area contributed by atoms with E-state index >= 15 is 0 Å². The van der Waals surface area contributed by atoms with Gasteiger partial charge in [0.1, 0.15) is 12.2 Å². The van der Waals surface area contributed by atoms with Crippen LogP contribution in [-0.4, -0.2) is 68.4 Å². The first kappa shape index (κ1) is 24.7. The molecule has 0 saturated heterocycles. The van der Waals surface area contributed by atoms with Gasteiger partial charge in [-0.1, -0.05) is 0 Å². The summed E-state index contributed by atoms with van der Waals surface area (Å²) in [6, 6.07) is 7.07. The van der Waals surface area contributed by atoms with Crippen molar-refractivity contribution >= 4 is 28.4 Å². The van der Waals surface area contributed by atoms with Crippen LogP contribution in [0.4, 0.5) is 11.4 Å². The van der Waals surface area contributed by atoms with Gasteiger partial charge in [-0.2, -0.15) is 0 Å². The van der Waals surface area contributed by atoms with Gasteiger partial charge >= 0.3 is 5.76 Å². The number of amides is 1. The highest BCUT2D eigenvalue weighted by Gasteiger charge is 2.25. The number of nitro groups is 1. The van der Waals surface area contributed by atoms with E-state index in [0.29, 0.717) is 29.9 Å². The SMILES string of the molecule is COCCOc1cc([N+](=O)[O-])c(C(=O)Nc2ccc3oc(=O)n(CCN(C)C)c3c2)cc1OC. The number of anilines is 1. The highest BCUT2D eigenvalue weighted by Crippen LogP contribution is 2.35. The predicted octanol–water partition coefficient (Wildman–Crippen LogP) is 2.35. The highest BCUT2D eigenvalue weighted by molar-refractivity contribution is 6.08. The van der Waals surface area contributed by atoms with Crippen molar-refractivity contribution in [3.05, 3.63) is 56.6 Å². The molecule has 12 heteroatoms. The average molecular weight is 474 g/mol. The van der Waals surface area contributed by atoms with Crippen molar-refractivity contribution in [2.45, 2.75) is 6.54 Å². The summed E-state index contributed by atoms with van der Waals surface area (Å²) in [4.78, 5) is 38.1. The molecule has 1 heterocycles. The number of likely N-dealkylation sites (N-methyl/N-ethyl adjacent to an activating group) is 1. The fourth-order valence-corrected chi connectivity index (χ4v) is 3.24. The first-order chi connectivity index (χ1) is 16.2. The number of oxazole rings is 1. The number of benzene rings is 2. The summed E-state index contributed by atoms with van der Waals surface area (Å²) < 4.78 is 22.4. The van der Waals surface area contributed by atoms with Crippen LogP contribution in [0.15, 0.2) is 39.5 Å². The summed E-state index contributed by atoms with van der Waals surface area (Å²) in [6.07, 6.45) is 0. The standard InChI is InChI=1S/C22H26N4O8/c1-24(2)7-8-25-17-11-14(5-6-18(17)34-22(25)28)23-21(27)15-12-19(32-4)20(33-10-9-31-3)13-16(15)26(29)30/h5-6,11-13H,7-10H2,1-4H3,(H,23,27). The molecule has 0 spiro atoms. The van der Waals surface area contributed by atoms with Gasteiger partial charge in [-0.05, 0) is 32.3 Å². The molecule has 3 aromatic rings. The normalized spacial score (nSPS) is 11.1. The van der Waals surface area contributed by atoms with Gasteiger partial charge in [0, 0.05) is 32.0 Å². The van der Waals surface area contributed by atoms with E-state index in [4.69, 9.17) is 18.6 Å². The van der Waals surface area contributed by atoms with Crippen LogP contribution in [0.2, 0.25) is 0 Å². The number of methoxy groups -OCH3 is 2. The monoisotopic (exact) mass is 474 g/mol. The topological polar surface area (TPSA) is 138 Å². The first-order valence-corrected chi connectivity index (χ1v) is 10.3. The number of rotatable bonds is 11. The maximum absolute atomic E-state index is 13.0. The molecule has 182 valence electrons. The van der Waals surface area contributed by atoms with Gasteiger partial charge in [0.05, 0.1) is 30.2 Å². The first-order valence-electron chi connectivity index (χ1n) is 10.3. The molecule has 1 amide bonds. The second-order valence-electron chi connectivity index (χ2n) is 7.58. The molecule has 0 unspecified atom stereocenters. The van der Waals surface area contributed by atoms with Gasteiger partial charge in [0.2, 0.25) is 0 Å². The van der Waals surface area contributed by atoms with Crippen LogP contribution in [0.3, 0.4) is 0 Å². The van der Waals surface area contributed by atoms with Crippen molar-refractivity contribution in [2.24, 2.45) is 0 Å². The van der Waals surface area contributed by atoms with Gasteiger partial charge in [0.15, 0.2) is 17.1 Å². The van der Waals surface area contributed by atoms with Gasteiger partial charge < -0.3 is 28.8 Å². The minimum absolute atomic E-state index is 0.118. The van der Waals surface area contributed by atoms with Crippen LogP contribution >= 0.6 is 0 Å². The van der Waals surface area contributed by atoms with Crippen LogP contribution in [0.25, 0.3) is 11.1 Å². The molecule has 0 atom stereocenters. The molecule has 1 N–H and O–H groups in total. The molecule has 0 fully saturated rings. The van der Waals surface area contributed by atoms with Crippen LogP contribution in [-0.2, 0) is 11.3 Å². The predicted molar refractivity (Wildman–Crippen MR) is 124 cm³/mol. The third-order valence-electron chi connectivity index (χ3n) is 4.96. The minimum atomic E-state index is -0.724. The molecule has 0 aliphatic rings. The van der Waals surface area contributed by atoms with Crippen molar-refractivity contribution in [3.63, 3.8) is 0 Å². The van der Waals surface area contributed by atoms with Gasteiger partial charge in [-0.15, -0.1) is 0 Å². The summed E-state index contributed by atoms with van der Waals surface area (Å²) in [5.74, 6) is -0.953. The van der Waals surface area contributed by atoms with E-state index in [2.05, 4.69) is 5.32 Å². The Morgan fingerprint density at radius 2 is 1.94 bits per heavy atom. The lowest BCUT2D eigenvalue weighted by atomic mass is 10.1. The van der Waals surface area contributed by atoms with E-state index < -0.39 is 22.3 Å². The van der Waals surface area contributed by atoms with Crippen LogP contribution in [0.1, 0.15) is 10.4 Å². The summed E-state index contributed by atoms with van der Waals surface area (Å²) in [6.45, 7) is 1.42. The van der Waals surface area contributed by atoms with Crippen molar-refractivity contribution < 1.29 is 28.3 Å². The maximum atomic E-state index is 13.0. The van der Waals surface area contributed by atoms with Gasteiger partial charge in [0.25, 0.3) is 11.6 Å². The Labute approximate surface area is 194 Å². The number of carbonyl (C=O) groups is 1. The molecular formula is C22H26N4O8. The van der Waals surface area contributed by atoms with Crippen LogP contribution < -0.4 is 20.5 Å². The van der Waals surface area contributed by atoms with E-state index in [1.165, 1.54) is 24.9 Å². The van der Waals surface area contributed by atoms with Crippen molar-refractivity contribution in [2.75, 3.05) is 53.4 Å². The second-order valence-corrected chi connectivity index (χ2v) is 7.58. The number of fused-ring (bicyclic) bond motifs is 1. The van der Waals surface area contributed by atoms with Crippen LogP contribution in [0, 0.1) is 10.1 Å². The van der Waals surface area contributed by atoms with Crippen molar-refractivity contribution in [1.82, 2.24) is 9.47 Å². The molecule has 2 aromatic carbocycles. The Balaban J connectivity index is 1.93.